The summed E-state index contributed by atoms with van der Waals surface area (Å²) in [5.41, 5.74) is 7.74. The van der Waals surface area contributed by atoms with Crippen LogP contribution >= 0.6 is 0 Å². The number of benzene rings is 3. The lowest BCUT2D eigenvalue weighted by atomic mass is 9.80. The van der Waals surface area contributed by atoms with Crippen molar-refractivity contribution >= 4 is 32.4 Å². The molecule has 5 rings (SSSR count). The summed E-state index contributed by atoms with van der Waals surface area (Å²) >= 11 is 0. The summed E-state index contributed by atoms with van der Waals surface area (Å²) in [6, 6.07) is 22.4. The molecule has 5 aromatic rings. The van der Waals surface area contributed by atoms with Gasteiger partial charge in [-0.3, -0.25) is 4.98 Å². The third kappa shape index (κ3) is 4.20. The molecule has 0 spiro atoms. The molecule has 0 saturated heterocycles. The number of aromatic nitrogens is 2. The minimum atomic E-state index is 0.0384. The number of rotatable bonds is 2. The molecule has 0 bridgehead atoms. The molecule has 178 valence electrons. The zero-order valence-electron chi connectivity index (χ0n) is 22.5. The van der Waals surface area contributed by atoms with Crippen LogP contribution in [-0.4, -0.2) is 4.98 Å². The van der Waals surface area contributed by atoms with Gasteiger partial charge >= 0.3 is 0 Å². The minimum absolute atomic E-state index is 0.0384. The highest BCUT2D eigenvalue weighted by atomic mass is 14.9. The van der Waals surface area contributed by atoms with Gasteiger partial charge in [0.05, 0.1) is 16.5 Å². The van der Waals surface area contributed by atoms with Gasteiger partial charge in [0.1, 0.15) is 7.05 Å². The topological polar surface area (TPSA) is 16.8 Å². The Labute approximate surface area is 209 Å². The molecular formula is C33H37N2+. The smallest absolute Gasteiger partial charge is 0.221 e. The Morgan fingerprint density at radius 1 is 0.800 bits per heavy atom. The van der Waals surface area contributed by atoms with Crippen LogP contribution in [0.4, 0.5) is 0 Å². The predicted molar refractivity (Wildman–Crippen MR) is 150 cm³/mol. The second-order valence-electron chi connectivity index (χ2n) is 12.3. The molecule has 2 nitrogen and oxygen atoms in total. The van der Waals surface area contributed by atoms with Crippen LogP contribution in [0.1, 0.15) is 58.4 Å². The minimum Gasteiger partial charge on any atom is -0.253 e. The summed E-state index contributed by atoms with van der Waals surface area (Å²) in [7, 11) is 2.17. The van der Waals surface area contributed by atoms with Crippen molar-refractivity contribution < 1.29 is 4.57 Å². The van der Waals surface area contributed by atoms with Gasteiger partial charge in [0.25, 0.3) is 0 Å². The van der Waals surface area contributed by atoms with Crippen LogP contribution in [0.2, 0.25) is 0 Å². The molecule has 0 N–H and O–H groups in total. The van der Waals surface area contributed by atoms with E-state index in [1.54, 1.807) is 0 Å². The van der Waals surface area contributed by atoms with Crippen molar-refractivity contribution in [1.29, 1.82) is 0 Å². The molecule has 3 aromatic carbocycles. The zero-order chi connectivity index (χ0) is 25.1. The fourth-order valence-corrected chi connectivity index (χ4v) is 5.46. The van der Waals surface area contributed by atoms with E-state index in [4.69, 9.17) is 4.98 Å². The van der Waals surface area contributed by atoms with Gasteiger partial charge in [-0.1, -0.05) is 77.9 Å². The van der Waals surface area contributed by atoms with Crippen LogP contribution in [0.15, 0.2) is 66.9 Å². The molecule has 0 aliphatic carbocycles. The first-order valence-corrected chi connectivity index (χ1v) is 12.7. The van der Waals surface area contributed by atoms with E-state index in [9.17, 15) is 0 Å². The number of hydrogen-bond donors (Lipinski definition) is 0. The quantitative estimate of drug-likeness (QED) is 0.191. The molecule has 0 aliphatic heterocycles. The van der Waals surface area contributed by atoms with Crippen LogP contribution in [0.3, 0.4) is 0 Å². The molecule has 0 aliphatic rings. The molecule has 0 saturated carbocycles. The summed E-state index contributed by atoms with van der Waals surface area (Å²) in [6.07, 6.45) is 3.16. The van der Waals surface area contributed by atoms with E-state index in [0.717, 1.165) is 17.6 Å². The lowest BCUT2D eigenvalue weighted by Gasteiger charge is -2.24. The van der Waals surface area contributed by atoms with E-state index in [-0.39, 0.29) is 10.8 Å². The maximum absolute atomic E-state index is 5.10. The first-order valence-electron chi connectivity index (χ1n) is 12.7. The molecule has 0 radical (unpaired) electrons. The molecule has 2 aromatic heterocycles. The molecule has 35 heavy (non-hydrogen) atoms. The summed E-state index contributed by atoms with van der Waals surface area (Å²) in [4.78, 5) is 5.10. The van der Waals surface area contributed by atoms with Gasteiger partial charge in [-0.05, 0) is 69.7 Å². The van der Waals surface area contributed by atoms with Gasteiger partial charge in [-0.2, -0.15) is 0 Å². The second kappa shape index (κ2) is 8.16. The Morgan fingerprint density at radius 3 is 2.20 bits per heavy atom. The van der Waals surface area contributed by atoms with E-state index < -0.39 is 0 Å². The van der Waals surface area contributed by atoms with Crippen molar-refractivity contribution in [1.82, 2.24) is 4.98 Å². The Bertz CT molecular complexity index is 1590. The maximum atomic E-state index is 5.10. The standard InChI is InChI=1S/C33H37N2/c1-21-24-11-9-10-12-25(24)28(33(5,6)7)19-27(21)31-30-22(17-18-35(31)8)13-16-29-26(30)15-14-23(34-29)20-32(2,3)4/h9-19H,20H2,1-8H3/q+1. The number of fused-ring (bicyclic) bond motifs is 4. The first-order chi connectivity index (χ1) is 16.4. The molecule has 0 fully saturated rings. The zero-order valence-corrected chi connectivity index (χ0v) is 22.5. The lowest BCUT2D eigenvalue weighted by molar-refractivity contribution is -0.659. The van der Waals surface area contributed by atoms with Gasteiger partial charge in [-0.25, -0.2) is 4.57 Å². The first kappa shape index (κ1) is 23.5. The SMILES string of the molecule is Cc1c(-c2c3c(ccc4nc(CC(C)(C)C)ccc43)cc[n+]2C)cc(C(C)(C)C)c2ccccc12. The van der Waals surface area contributed by atoms with E-state index in [1.165, 1.54) is 49.3 Å². The van der Waals surface area contributed by atoms with E-state index in [0.29, 0.717) is 0 Å². The van der Waals surface area contributed by atoms with Crippen LogP contribution < -0.4 is 4.57 Å². The van der Waals surface area contributed by atoms with Gasteiger partial charge in [0.15, 0.2) is 6.20 Å². The number of aryl methyl sites for hydroxylation is 2. The Kier molecular flexibility index (Phi) is 5.47. The predicted octanol–water partition coefficient (Wildman–Crippen LogP) is 8.23. The normalized spacial score (nSPS) is 12.7. The van der Waals surface area contributed by atoms with Crippen molar-refractivity contribution in [3.8, 4) is 11.3 Å². The van der Waals surface area contributed by atoms with E-state index >= 15 is 0 Å². The Morgan fingerprint density at radius 2 is 1.51 bits per heavy atom. The van der Waals surface area contributed by atoms with Gasteiger partial charge in [-0.15, -0.1) is 0 Å². The van der Waals surface area contributed by atoms with Crippen LogP contribution in [-0.2, 0) is 18.9 Å². The van der Waals surface area contributed by atoms with Crippen molar-refractivity contribution in [2.24, 2.45) is 12.5 Å². The summed E-state index contributed by atoms with van der Waals surface area (Å²) < 4.78 is 2.29. The largest absolute Gasteiger partial charge is 0.253 e. The van der Waals surface area contributed by atoms with Crippen molar-refractivity contribution in [2.75, 3.05) is 0 Å². The molecular weight excluding hydrogens is 424 g/mol. The number of hydrogen-bond acceptors (Lipinski definition) is 1. The van der Waals surface area contributed by atoms with Gasteiger partial charge < -0.3 is 0 Å². The average Bonchev–Trinajstić information content (AvgIpc) is 2.78. The molecule has 2 heteroatoms. The van der Waals surface area contributed by atoms with Crippen molar-refractivity contribution in [2.45, 2.75) is 60.3 Å². The van der Waals surface area contributed by atoms with Gasteiger partial charge in [0.2, 0.25) is 5.69 Å². The third-order valence-electron chi connectivity index (χ3n) is 7.12. The van der Waals surface area contributed by atoms with E-state index in [2.05, 4.69) is 127 Å². The van der Waals surface area contributed by atoms with Crippen molar-refractivity contribution in [3.63, 3.8) is 0 Å². The summed E-state index contributed by atoms with van der Waals surface area (Å²) in [5.74, 6) is 0. The Hall–Kier alpha value is -3.26. The fourth-order valence-electron chi connectivity index (χ4n) is 5.46. The number of nitrogens with zero attached hydrogens (tertiary/aromatic N) is 2. The molecule has 0 atom stereocenters. The highest BCUT2D eigenvalue weighted by Gasteiger charge is 2.25. The van der Waals surface area contributed by atoms with Crippen LogP contribution in [0, 0.1) is 12.3 Å². The fraction of sp³-hybridized carbons (Fsp3) is 0.333. The summed E-state index contributed by atoms with van der Waals surface area (Å²) in [5, 5.41) is 6.43. The third-order valence-corrected chi connectivity index (χ3v) is 7.12. The second-order valence-corrected chi connectivity index (χ2v) is 12.3. The van der Waals surface area contributed by atoms with Crippen molar-refractivity contribution in [3.05, 3.63) is 83.7 Å². The highest BCUT2D eigenvalue weighted by Crippen LogP contribution is 2.40. The summed E-state index contributed by atoms with van der Waals surface area (Å²) in [6.45, 7) is 16.0. The Balaban J connectivity index is 1.88. The van der Waals surface area contributed by atoms with E-state index in [1.807, 2.05) is 0 Å². The average molecular weight is 462 g/mol. The lowest BCUT2D eigenvalue weighted by Crippen LogP contribution is -2.31. The van der Waals surface area contributed by atoms with Crippen LogP contribution in [0.25, 0.3) is 43.7 Å². The molecule has 0 unspecified atom stereocenters. The maximum Gasteiger partial charge on any atom is 0.221 e. The molecule has 2 heterocycles. The van der Waals surface area contributed by atoms with Crippen LogP contribution in [0.5, 0.6) is 0 Å². The van der Waals surface area contributed by atoms with Gasteiger partial charge in [0, 0.05) is 17.1 Å². The number of pyridine rings is 2. The monoisotopic (exact) mass is 461 g/mol. The molecule has 0 amide bonds. The highest BCUT2D eigenvalue weighted by molar-refractivity contribution is 6.12.